The van der Waals surface area contributed by atoms with Crippen molar-refractivity contribution in [3.8, 4) is 0 Å². The van der Waals surface area contributed by atoms with Gasteiger partial charge in [0.05, 0.1) is 24.3 Å². The molecule has 0 radical (unpaired) electrons. The summed E-state index contributed by atoms with van der Waals surface area (Å²) in [6.45, 7) is 4.12. The zero-order valence-corrected chi connectivity index (χ0v) is 14.5. The fourth-order valence-electron chi connectivity index (χ4n) is 3.10. The quantitative estimate of drug-likeness (QED) is 0.846. The summed E-state index contributed by atoms with van der Waals surface area (Å²) in [5, 5.41) is 3.24. The topological polar surface area (TPSA) is 67.6 Å². The maximum absolute atomic E-state index is 14.4. The summed E-state index contributed by atoms with van der Waals surface area (Å²) in [5.74, 6) is -0.545. The van der Waals surface area contributed by atoms with E-state index in [4.69, 9.17) is 22.1 Å². The largest absolute Gasteiger partial charge is 0.376 e. The van der Waals surface area contributed by atoms with Gasteiger partial charge in [-0.05, 0) is 31.9 Å². The highest BCUT2D eigenvalue weighted by molar-refractivity contribution is 6.31. The maximum Gasteiger partial charge on any atom is 0.240 e. The highest BCUT2D eigenvalue weighted by atomic mass is 35.5. The zero-order chi connectivity index (χ0) is 17.3. The Morgan fingerprint density at radius 2 is 2.33 bits per heavy atom. The summed E-state index contributed by atoms with van der Waals surface area (Å²) >= 11 is 6.26. The van der Waals surface area contributed by atoms with Crippen molar-refractivity contribution >= 4 is 17.5 Å². The minimum absolute atomic E-state index is 0.0479. The Labute approximate surface area is 146 Å². The van der Waals surface area contributed by atoms with Crippen LogP contribution in [-0.4, -0.2) is 48.7 Å². The van der Waals surface area contributed by atoms with Gasteiger partial charge in [-0.1, -0.05) is 17.7 Å². The molecule has 2 unspecified atom stereocenters. The van der Waals surface area contributed by atoms with E-state index in [1.54, 1.807) is 12.1 Å². The Bertz CT molecular complexity index is 604. The summed E-state index contributed by atoms with van der Waals surface area (Å²) in [6.07, 6.45) is 1.43. The number of halogens is 2. The lowest BCUT2D eigenvalue weighted by atomic mass is 10.0. The summed E-state index contributed by atoms with van der Waals surface area (Å²) in [7, 11) is 0. The summed E-state index contributed by atoms with van der Waals surface area (Å²) in [5.41, 5.74) is 5.59. The lowest BCUT2D eigenvalue weighted by Crippen LogP contribution is -2.49. The predicted octanol–water partition coefficient (Wildman–Crippen LogP) is 1.85. The molecule has 1 aromatic carbocycles. The van der Waals surface area contributed by atoms with Crippen LogP contribution < -0.4 is 11.1 Å². The molecule has 1 saturated heterocycles. The Balaban J connectivity index is 1.81. The van der Waals surface area contributed by atoms with Crippen LogP contribution in [0, 0.1) is 5.82 Å². The maximum atomic E-state index is 14.4. The van der Waals surface area contributed by atoms with Gasteiger partial charge in [0.2, 0.25) is 5.91 Å². The molecule has 0 aromatic heterocycles. The van der Waals surface area contributed by atoms with E-state index >= 15 is 0 Å². The molecule has 1 heterocycles. The van der Waals surface area contributed by atoms with Gasteiger partial charge in [-0.15, -0.1) is 0 Å². The second-order valence-electron chi connectivity index (χ2n) is 6.69. The van der Waals surface area contributed by atoms with Gasteiger partial charge in [0.15, 0.2) is 0 Å². The molecule has 2 atom stereocenters. The van der Waals surface area contributed by atoms with E-state index in [1.165, 1.54) is 6.07 Å². The minimum atomic E-state index is -0.748. The van der Waals surface area contributed by atoms with Crippen molar-refractivity contribution in [2.24, 2.45) is 5.73 Å². The SMILES string of the molecule is CC1CN(C(CNC(=O)C2(N)CC2)c2c(F)cccc2Cl)CCO1. The van der Waals surface area contributed by atoms with Gasteiger partial charge in [-0.2, -0.15) is 0 Å². The van der Waals surface area contributed by atoms with Gasteiger partial charge in [-0.3, -0.25) is 9.69 Å². The van der Waals surface area contributed by atoms with Crippen molar-refractivity contribution < 1.29 is 13.9 Å². The number of ether oxygens (including phenoxy) is 1. The van der Waals surface area contributed by atoms with E-state index in [0.29, 0.717) is 43.1 Å². The van der Waals surface area contributed by atoms with Crippen molar-refractivity contribution in [1.82, 2.24) is 10.2 Å². The highest BCUT2D eigenvalue weighted by Crippen LogP contribution is 2.34. The smallest absolute Gasteiger partial charge is 0.240 e. The predicted molar refractivity (Wildman–Crippen MR) is 90.3 cm³/mol. The molecular formula is C17H23ClFN3O2. The van der Waals surface area contributed by atoms with Gasteiger partial charge >= 0.3 is 0 Å². The Morgan fingerprint density at radius 1 is 1.58 bits per heavy atom. The Hall–Kier alpha value is -1.21. The molecule has 2 aliphatic rings. The molecule has 1 amide bonds. The van der Waals surface area contributed by atoms with Crippen molar-refractivity contribution in [3.63, 3.8) is 0 Å². The molecule has 7 heteroatoms. The van der Waals surface area contributed by atoms with Crippen LogP contribution in [0.4, 0.5) is 4.39 Å². The molecule has 1 aliphatic carbocycles. The van der Waals surface area contributed by atoms with Gasteiger partial charge in [0, 0.05) is 30.2 Å². The van der Waals surface area contributed by atoms with E-state index in [-0.39, 0.29) is 30.4 Å². The van der Waals surface area contributed by atoms with E-state index in [9.17, 15) is 9.18 Å². The molecule has 1 aliphatic heterocycles. The van der Waals surface area contributed by atoms with Crippen LogP contribution in [-0.2, 0) is 9.53 Å². The number of hydrogen-bond acceptors (Lipinski definition) is 4. The molecule has 132 valence electrons. The second kappa shape index (κ2) is 6.96. The minimum Gasteiger partial charge on any atom is -0.376 e. The Kier molecular flexibility index (Phi) is 5.11. The van der Waals surface area contributed by atoms with Gasteiger partial charge in [0.25, 0.3) is 0 Å². The molecule has 3 rings (SSSR count). The van der Waals surface area contributed by atoms with Crippen LogP contribution in [0.3, 0.4) is 0 Å². The van der Waals surface area contributed by atoms with Crippen LogP contribution in [0.1, 0.15) is 31.4 Å². The average molecular weight is 356 g/mol. The number of carbonyl (C=O) groups excluding carboxylic acids is 1. The molecule has 0 bridgehead atoms. The first-order valence-corrected chi connectivity index (χ1v) is 8.65. The lowest BCUT2D eigenvalue weighted by molar-refractivity contribution is -0.123. The summed E-state index contributed by atoms with van der Waals surface area (Å²) in [6, 6.07) is 4.30. The monoisotopic (exact) mass is 355 g/mol. The fourth-order valence-corrected chi connectivity index (χ4v) is 3.39. The van der Waals surface area contributed by atoms with E-state index in [1.807, 2.05) is 6.92 Å². The average Bonchev–Trinajstić information content (AvgIpc) is 3.29. The van der Waals surface area contributed by atoms with Crippen molar-refractivity contribution in [2.75, 3.05) is 26.2 Å². The van der Waals surface area contributed by atoms with Crippen molar-refractivity contribution in [3.05, 3.63) is 34.6 Å². The molecule has 0 spiro atoms. The van der Waals surface area contributed by atoms with Crippen molar-refractivity contribution in [2.45, 2.75) is 37.5 Å². The number of morpholine rings is 1. The summed E-state index contributed by atoms with van der Waals surface area (Å²) in [4.78, 5) is 14.3. The van der Waals surface area contributed by atoms with Gasteiger partial charge in [-0.25, -0.2) is 4.39 Å². The van der Waals surface area contributed by atoms with Gasteiger partial charge < -0.3 is 15.8 Å². The first-order chi connectivity index (χ1) is 11.4. The standard InChI is InChI=1S/C17H23ClFN3O2/c1-11-10-22(7-8-24-11)14(9-21-16(23)17(20)5-6-17)15-12(18)3-2-4-13(15)19/h2-4,11,14H,5-10,20H2,1H3,(H,21,23). The third-order valence-electron chi connectivity index (χ3n) is 4.74. The van der Waals surface area contributed by atoms with E-state index < -0.39 is 5.54 Å². The zero-order valence-electron chi connectivity index (χ0n) is 13.7. The molecule has 3 N–H and O–H groups in total. The number of nitrogens with two attached hydrogens (primary N) is 1. The molecule has 5 nitrogen and oxygen atoms in total. The molecule has 1 saturated carbocycles. The fraction of sp³-hybridized carbons (Fsp3) is 0.588. The number of rotatable bonds is 5. The third-order valence-corrected chi connectivity index (χ3v) is 5.07. The van der Waals surface area contributed by atoms with E-state index in [0.717, 1.165) is 0 Å². The second-order valence-corrected chi connectivity index (χ2v) is 7.10. The number of amides is 1. The van der Waals surface area contributed by atoms with E-state index in [2.05, 4.69) is 10.2 Å². The first-order valence-electron chi connectivity index (χ1n) is 8.27. The number of nitrogens with one attached hydrogen (secondary N) is 1. The highest BCUT2D eigenvalue weighted by Gasteiger charge is 2.46. The lowest BCUT2D eigenvalue weighted by Gasteiger charge is -2.38. The number of carbonyl (C=O) groups is 1. The Morgan fingerprint density at radius 3 is 2.96 bits per heavy atom. The normalized spacial score (nSPS) is 24.4. The van der Waals surface area contributed by atoms with Crippen LogP contribution >= 0.6 is 11.6 Å². The molecular weight excluding hydrogens is 333 g/mol. The van der Waals surface area contributed by atoms with Gasteiger partial charge in [0.1, 0.15) is 5.82 Å². The number of benzene rings is 1. The third kappa shape index (κ3) is 3.72. The van der Waals surface area contributed by atoms with Crippen LogP contribution in [0.15, 0.2) is 18.2 Å². The first kappa shape index (κ1) is 17.6. The molecule has 24 heavy (non-hydrogen) atoms. The number of hydrogen-bond donors (Lipinski definition) is 2. The van der Waals surface area contributed by atoms with Crippen molar-refractivity contribution in [1.29, 1.82) is 0 Å². The molecule has 2 fully saturated rings. The van der Waals surface area contributed by atoms with Crippen LogP contribution in [0.25, 0.3) is 0 Å². The number of nitrogens with zero attached hydrogens (tertiary/aromatic N) is 1. The molecule has 1 aromatic rings. The van der Waals surface area contributed by atoms with Crippen LogP contribution in [0.5, 0.6) is 0 Å². The summed E-state index contributed by atoms with van der Waals surface area (Å²) < 4.78 is 20.0. The van der Waals surface area contributed by atoms with Crippen LogP contribution in [0.2, 0.25) is 5.02 Å².